The maximum absolute atomic E-state index is 5.82. The SMILES string of the molecule is NCC1(Nc2cccnn2)CCOCC1. The van der Waals surface area contributed by atoms with E-state index in [1.165, 1.54) is 0 Å². The number of nitrogens with two attached hydrogens (primary N) is 1. The van der Waals surface area contributed by atoms with Crippen LogP contribution in [0.2, 0.25) is 0 Å². The molecule has 1 fully saturated rings. The third kappa shape index (κ3) is 2.43. The minimum absolute atomic E-state index is 0.0751. The Morgan fingerprint density at radius 3 is 2.87 bits per heavy atom. The lowest BCUT2D eigenvalue weighted by Crippen LogP contribution is -2.49. The molecule has 82 valence electrons. The summed E-state index contributed by atoms with van der Waals surface area (Å²) in [6.07, 6.45) is 3.49. The van der Waals surface area contributed by atoms with Crippen molar-refractivity contribution >= 4 is 5.82 Å². The first-order valence-corrected chi connectivity index (χ1v) is 5.18. The minimum atomic E-state index is -0.0751. The monoisotopic (exact) mass is 208 g/mol. The molecule has 15 heavy (non-hydrogen) atoms. The van der Waals surface area contributed by atoms with Crippen molar-refractivity contribution in [2.75, 3.05) is 25.1 Å². The second-order valence-electron chi connectivity index (χ2n) is 3.83. The van der Waals surface area contributed by atoms with Crippen LogP contribution in [0.25, 0.3) is 0 Å². The first kappa shape index (κ1) is 10.3. The summed E-state index contributed by atoms with van der Waals surface area (Å²) in [5, 5.41) is 11.2. The summed E-state index contributed by atoms with van der Waals surface area (Å²) in [6.45, 7) is 2.10. The van der Waals surface area contributed by atoms with Gasteiger partial charge in [0.25, 0.3) is 0 Å². The molecule has 1 aromatic rings. The molecule has 2 heterocycles. The molecule has 1 aliphatic rings. The fraction of sp³-hybridized carbons (Fsp3) is 0.600. The van der Waals surface area contributed by atoms with E-state index in [1.54, 1.807) is 6.20 Å². The summed E-state index contributed by atoms with van der Waals surface area (Å²) in [7, 11) is 0. The quantitative estimate of drug-likeness (QED) is 0.752. The Balaban J connectivity index is 2.07. The van der Waals surface area contributed by atoms with Crippen molar-refractivity contribution in [3.05, 3.63) is 18.3 Å². The maximum Gasteiger partial charge on any atom is 0.149 e. The molecule has 1 aromatic heterocycles. The van der Waals surface area contributed by atoms with E-state index in [-0.39, 0.29) is 5.54 Å². The second kappa shape index (κ2) is 4.55. The molecular weight excluding hydrogens is 192 g/mol. The van der Waals surface area contributed by atoms with E-state index in [0.29, 0.717) is 6.54 Å². The average molecular weight is 208 g/mol. The van der Waals surface area contributed by atoms with Crippen molar-refractivity contribution in [1.82, 2.24) is 10.2 Å². The number of ether oxygens (including phenoxy) is 1. The molecule has 0 bridgehead atoms. The van der Waals surface area contributed by atoms with Crippen molar-refractivity contribution < 1.29 is 4.74 Å². The molecule has 0 aromatic carbocycles. The van der Waals surface area contributed by atoms with Crippen LogP contribution >= 0.6 is 0 Å². The second-order valence-corrected chi connectivity index (χ2v) is 3.83. The topological polar surface area (TPSA) is 73.1 Å². The summed E-state index contributed by atoms with van der Waals surface area (Å²) in [4.78, 5) is 0. The average Bonchev–Trinajstić information content (AvgIpc) is 2.32. The molecular formula is C10H16N4O. The Bertz CT molecular complexity index is 298. The summed E-state index contributed by atoms with van der Waals surface area (Å²) in [5.74, 6) is 0.782. The zero-order valence-corrected chi connectivity index (χ0v) is 8.65. The molecule has 0 radical (unpaired) electrons. The minimum Gasteiger partial charge on any atom is -0.381 e. The lowest BCUT2D eigenvalue weighted by Gasteiger charge is -2.37. The van der Waals surface area contributed by atoms with Gasteiger partial charge in [-0.05, 0) is 25.0 Å². The van der Waals surface area contributed by atoms with Gasteiger partial charge in [0, 0.05) is 26.0 Å². The molecule has 1 aliphatic heterocycles. The number of hydrogen-bond acceptors (Lipinski definition) is 5. The Labute approximate surface area is 89.0 Å². The zero-order valence-electron chi connectivity index (χ0n) is 8.65. The zero-order chi connectivity index (χ0) is 10.6. The van der Waals surface area contributed by atoms with Crippen LogP contribution in [0.1, 0.15) is 12.8 Å². The van der Waals surface area contributed by atoms with Crippen LogP contribution in [-0.4, -0.2) is 35.5 Å². The lowest BCUT2D eigenvalue weighted by atomic mass is 9.90. The van der Waals surface area contributed by atoms with Gasteiger partial charge >= 0.3 is 0 Å². The molecule has 0 atom stereocenters. The van der Waals surface area contributed by atoms with Gasteiger partial charge in [-0.1, -0.05) is 0 Å². The molecule has 5 nitrogen and oxygen atoms in total. The van der Waals surface area contributed by atoms with Gasteiger partial charge < -0.3 is 15.8 Å². The lowest BCUT2D eigenvalue weighted by molar-refractivity contribution is 0.0626. The first-order valence-electron chi connectivity index (χ1n) is 5.18. The standard InChI is InChI=1S/C10H16N4O/c11-8-10(3-6-15-7-4-10)13-9-2-1-5-12-14-9/h1-2,5H,3-4,6-8,11H2,(H,13,14). The van der Waals surface area contributed by atoms with E-state index in [9.17, 15) is 0 Å². The largest absolute Gasteiger partial charge is 0.381 e. The van der Waals surface area contributed by atoms with E-state index in [4.69, 9.17) is 10.5 Å². The number of hydrogen-bond donors (Lipinski definition) is 2. The number of nitrogens with zero attached hydrogens (tertiary/aromatic N) is 2. The van der Waals surface area contributed by atoms with Crippen LogP contribution in [0.3, 0.4) is 0 Å². The molecule has 5 heteroatoms. The van der Waals surface area contributed by atoms with Crippen LogP contribution in [0.15, 0.2) is 18.3 Å². The van der Waals surface area contributed by atoms with Gasteiger partial charge in [0.1, 0.15) is 5.82 Å². The Kier molecular flexibility index (Phi) is 3.13. The molecule has 0 aliphatic carbocycles. The molecule has 1 saturated heterocycles. The maximum atomic E-state index is 5.82. The van der Waals surface area contributed by atoms with Crippen molar-refractivity contribution in [1.29, 1.82) is 0 Å². The fourth-order valence-corrected chi connectivity index (χ4v) is 1.78. The smallest absolute Gasteiger partial charge is 0.149 e. The van der Waals surface area contributed by atoms with E-state index >= 15 is 0 Å². The predicted octanol–water partition coefficient (Wildman–Crippen LogP) is 0.396. The van der Waals surface area contributed by atoms with Gasteiger partial charge in [-0.2, -0.15) is 5.10 Å². The third-order valence-corrected chi connectivity index (χ3v) is 2.81. The highest BCUT2D eigenvalue weighted by Crippen LogP contribution is 2.23. The van der Waals surface area contributed by atoms with Gasteiger partial charge in [-0.25, -0.2) is 0 Å². The molecule has 0 amide bonds. The first-order chi connectivity index (χ1) is 7.35. The number of aromatic nitrogens is 2. The van der Waals surface area contributed by atoms with Gasteiger partial charge in [-0.15, -0.1) is 5.10 Å². The van der Waals surface area contributed by atoms with Crippen molar-refractivity contribution in [3.63, 3.8) is 0 Å². The Morgan fingerprint density at radius 2 is 2.27 bits per heavy atom. The highest BCUT2D eigenvalue weighted by atomic mass is 16.5. The number of anilines is 1. The van der Waals surface area contributed by atoms with Gasteiger partial charge in [0.05, 0.1) is 5.54 Å². The Morgan fingerprint density at radius 1 is 1.47 bits per heavy atom. The van der Waals surface area contributed by atoms with Gasteiger partial charge in [0.2, 0.25) is 0 Å². The molecule has 3 N–H and O–H groups in total. The summed E-state index contributed by atoms with van der Waals surface area (Å²) < 4.78 is 5.33. The summed E-state index contributed by atoms with van der Waals surface area (Å²) in [5.41, 5.74) is 5.74. The van der Waals surface area contributed by atoms with Crippen molar-refractivity contribution in [3.8, 4) is 0 Å². The van der Waals surface area contributed by atoms with Crippen molar-refractivity contribution in [2.45, 2.75) is 18.4 Å². The highest BCUT2D eigenvalue weighted by Gasteiger charge is 2.31. The van der Waals surface area contributed by atoms with Gasteiger partial charge in [-0.3, -0.25) is 0 Å². The van der Waals surface area contributed by atoms with E-state index in [2.05, 4.69) is 15.5 Å². The number of rotatable bonds is 3. The van der Waals surface area contributed by atoms with Crippen LogP contribution in [0.4, 0.5) is 5.82 Å². The van der Waals surface area contributed by atoms with E-state index in [0.717, 1.165) is 31.9 Å². The molecule has 0 saturated carbocycles. The highest BCUT2D eigenvalue weighted by molar-refractivity contribution is 5.36. The van der Waals surface area contributed by atoms with Crippen LogP contribution < -0.4 is 11.1 Å². The predicted molar refractivity (Wildman–Crippen MR) is 57.5 cm³/mol. The molecule has 0 unspecified atom stereocenters. The molecule has 0 spiro atoms. The van der Waals surface area contributed by atoms with E-state index in [1.807, 2.05) is 12.1 Å². The Hall–Kier alpha value is -1.20. The number of nitrogens with one attached hydrogen (secondary N) is 1. The summed E-state index contributed by atoms with van der Waals surface area (Å²) in [6, 6.07) is 3.76. The van der Waals surface area contributed by atoms with Gasteiger partial charge in [0.15, 0.2) is 0 Å². The van der Waals surface area contributed by atoms with E-state index < -0.39 is 0 Å². The molecule has 2 rings (SSSR count). The summed E-state index contributed by atoms with van der Waals surface area (Å²) >= 11 is 0. The van der Waals surface area contributed by atoms with Crippen LogP contribution in [0.5, 0.6) is 0 Å². The van der Waals surface area contributed by atoms with Crippen LogP contribution in [0, 0.1) is 0 Å². The van der Waals surface area contributed by atoms with Crippen LogP contribution in [-0.2, 0) is 4.74 Å². The fourth-order valence-electron chi connectivity index (χ4n) is 1.78. The van der Waals surface area contributed by atoms with Crippen molar-refractivity contribution in [2.24, 2.45) is 5.73 Å². The normalized spacial score (nSPS) is 19.8. The third-order valence-electron chi connectivity index (χ3n) is 2.81.